The minimum atomic E-state index is -0.385. The number of imide groups is 1. The Bertz CT molecular complexity index is 1160. The van der Waals surface area contributed by atoms with Gasteiger partial charge in [-0.2, -0.15) is 0 Å². The zero-order valence-electron chi connectivity index (χ0n) is 15.8. The molecular weight excluding hydrogens is 521 g/mol. The van der Waals surface area contributed by atoms with Gasteiger partial charge in [0.1, 0.15) is 6.61 Å². The summed E-state index contributed by atoms with van der Waals surface area (Å²) in [5, 5.41) is 0.283. The molecule has 0 N–H and O–H groups in total. The molecule has 1 saturated heterocycles. The third kappa shape index (κ3) is 4.99. The molecule has 0 spiro atoms. The van der Waals surface area contributed by atoms with E-state index in [1.807, 2.05) is 30.3 Å². The monoisotopic (exact) mass is 533 g/mol. The first-order chi connectivity index (χ1) is 14.9. The number of rotatable bonds is 5. The minimum absolute atomic E-state index is 0.296. The Kier molecular flexibility index (Phi) is 6.72. The van der Waals surface area contributed by atoms with E-state index in [1.165, 1.54) is 0 Å². The normalized spacial score (nSPS) is 15.1. The minimum Gasteiger partial charge on any atom is -0.486 e. The molecule has 4 nitrogen and oxygen atoms in total. The van der Waals surface area contributed by atoms with Gasteiger partial charge in [0.25, 0.3) is 11.1 Å². The molecule has 2 amide bonds. The van der Waals surface area contributed by atoms with E-state index in [4.69, 9.17) is 27.9 Å². The zero-order chi connectivity index (χ0) is 22.0. The third-order valence-corrected chi connectivity index (χ3v) is 6.38. The Morgan fingerprint density at radius 1 is 0.968 bits per heavy atom. The number of benzene rings is 3. The highest BCUT2D eigenvalue weighted by molar-refractivity contribution is 9.10. The van der Waals surface area contributed by atoms with Crippen molar-refractivity contribution in [2.45, 2.75) is 6.61 Å². The lowest BCUT2D eigenvalue weighted by Gasteiger charge is -2.12. The molecule has 1 aliphatic heterocycles. The van der Waals surface area contributed by atoms with Crippen LogP contribution in [-0.2, 0) is 11.4 Å². The van der Waals surface area contributed by atoms with Crippen LogP contribution < -0.4 is 9.64 Å². The molecule has 3 aromatic rings. The van der Waals surface area contributed by atoms with Crippen LogP contribution in [0, 0.1) is 0 Å². The van der Waals surface area contributed by atoms with Gasteiger partial charge in [0.05, 0.1) is 20.6 Å². The fraction of sp³-hybridized carbons (Fsp3) is 0.0435. The topological polar surface area (TPSA) is 46.6 Å². The van der Waals surface area contributed by atoms with E-state index in [1.54, 1.807) is 42.5 Å². The van der Waals surface area contributed by atoms with Crippen molar-refractivity contribution in [1.29, 1.82) is 0 Å². The molecule has 0 unspecified atom stereocenters. The maximum Gasteiger partial charge on any atom is 0.298 e. The number of hydrogen-bond donors (Lipinski definition) is 0. The first-order valence-corrected chi connectivity index (χ1v) is 11.5. The van der Waals surface area contributed by atoms with Crippen molar-refractivity contribution in [3.63, 3.8) is 0 Å². The number of amides is 2. The average molecular weight is 535 g/mol. The lowest BCUT2D eigenvalue weighted by Crippen LogP contribution is -2.27. The molecule has 8 heteroatoms. The maximum absolute atomic E-state index is 12.8. The van der Waals surface area contributed by atoms with Gasteiger partial charge in [-0.3, -0.25) is 9.59 Å². The van der Waals surface area contributed by atoms with Crippen molar-refractivity contribution in [2.75, 3.05) is 4.90 Å². The first-order valence-electron chi connectivity index (χ1n) is 9.11. The fourth-order valence-electron chi connectivity index (χ4n) is 2.96. The molecule has 31 heavy (non-hydrogen) atoms. The number of nitrogens with zero attached hydrogens (tertiary/aromatic N) is 1. The summed E-state index contributed by atoms with van der Waals surface area (Å²) < 4.78 is 6.78. The number of ether oxygens (including phenoxy) is 1. The third-order valence-electron chi connectivity index (χ3n) is 4.42. The molecule has 0 radical (unpaired) electrons. The van der Waals surface area contributed by atoms with Gasteiger partial charge < -0.3 is 4.74 Å². The molecule has 0 aliphatic carbocycles. The van der Waals surface area contributed by atoms with Crippen LogP contribution in [0.15, 0.2) is 76.1 Å². The molecule has 1 fully saturated rings. The lowest BCUT2D eigenvalue weighted by molar-refractivity contribution is -0.113. The second kappa shape index (κ2) is 9.49. The van der Waals surface area contributed by atoms with E-state index in [0.717, 1.165) is 26.7 Å². The largest absolute Gasteiger partial charge is 0.486 e. The number of carbonyl (C=O) groups is 2. The number of halogens is 3. The van der Waals surface area contributed by atoms with Crippen LogP contribution in [0.4, 0.5) is 10.5 Å². The molecule has 0 saturated carbocycles. The fourth-order valence-corrected chi connectivity index (χ4v) is 4.67. The molecule has 4 rings (SSSR count). The van der Waals surface area contributed by atoms with Crippen LogP contribution in [-0.4, -0.2) is 11.1 Å². The number of anilines is 1. The molecule has 0 atom stereocenters. The molecule has 1 heterocycles. The number of thioether (sulfide) groups is 1. The second-order valence-electron chi connectivity index (χ2n) is 6.58. The second-order valence-corrected chi connectivity index (χ2v) is 9.30. The Hall–Kier alpha value is -2.25. The van der Waals surface area contributed by atoms with Gasteiger partial charge in [-0.05, 0) is 65.4 Å². The SMILES string of the molecule is O=C1S/C(=C\c2cc(Cl)c(OCc3ccc(Br)cc3)c(Cl)c2)C(=O)N1c1ccccc1. The summed E-state index contributed by atoms with van der Waals surface area (Å²) in [6.45, 7) is 0.308. The lowest BCUT2D eigenvalue weighted by atomic mass is 10.2. The average Bonchev–Trinajstić information content (AvgIpc) is 3.02. The van der Waals surface area contributed by atoms with Crippen molar-refractivity contribution in [2.24, 2.45) is 0 Å². The molecule has 156 valence electrons. The molecular formula is C23H14BrCl2NO3S. The summed E-state index contributed by atoms with van der Waals surface area (Å²) in [4.78, 5) is 26.6. The summed E-state index contributed by atoms with van der Waals surface area (Å²) >= 11 is 17.0. The van der Waals surface area contributed by atoms with E-state index < -0.39 is 0 Å². The van der Waals surface area contributed by atoms with E-state index >= 15 is 0 Å². The Balaban J connectivity index is 1.54. The highest BCUT2D eigenvalue weighted by Gasteiger charge is 2.36. The number of hydrogen-bond acceptors (Lipinski definition) is 4. The van der Waals surface area contributed by atoms with Crippen LogP contribution in [0.5, 0.6) is 5.75 Å². The van der Waals surface area contributed by atoms with E-state index in [2.05, 4.69) is 15.9 Å². The summed E-state index contributed by atoms with van der Waals surface area (Å²) in [5.41, 5.74) is 2.10. The van der Waals surface area contributed by atoms with Crippen LogP contribution in [0.2, 0.25) is 10.0 Å². The van der Waals surface area contributed by atoms with Gasteiger partial charge in [0.15, 0.2) is 5.75 Å². The van der Waals surface area contributed by atoms with Gasteiger partial charge in [-0.15, -0.1) is 0 Å². The maximum atomic E-state index is 12.8. The van der Waals surface area contributed by atoms with E-state index in [0.29, 0.717) is 38.6 Å². The Morgan fingerprint density at radius 3 is 2.26 bits per heavy atom. The van der Waals surface area contributed by atoms with Crippen LogP contribution in [0.1, 0.15) is 11.1 Å². The predicted octanol–water partition coefficient (Wildman–Crippen LogP) is 7.58. The van der Waals surface area contributed by atoms with Crippen LogP contribution in [0.3, 0.4) is 0 Å². The zero-order valence-corrected chi connectivity index (χ0v) is 19.8. The van der Waals surface area contributed by atoms with Crippen molar-refractivity contribution < 1.29 is 14.3 Å². The summed E-state index contributed by atoms with van der Waals surface area (Å²) in [6.07, 6.45) is 1.60. The van der Waals surface area contributed by atoms with Gasteiger partial charge in [-0.25, -0.2) is 4.90 Å². The highest BCUT2D eigenvalue weighted by Crippen LogP contribution is 2.39. The molecule has 3 aromatic carbocycles. The Morgan fingerprint density at radius 2 is 1.61 bits per heavy atom. The van der Waals surface area contributed by atoms with E-state index in [-0.39, 0.29) is 11.1 Å². The molecule has 0 aromatic heterocycles. The van der Waals surface area contributed by atoms with Crippen molar-refractivity contribution >= 4 is 73.8 Å². The standard InChI is InChI=1S/C23H14BrCl2NO3S/c24-16-8-6-14(7-9-16)13-30-21-18(25)10-15(11-19(21)26)12-20-22(28)27(23(29)31-20)17-4-2-1-3-5-17/h1-12H,13H2/b20-12-. The highest BCUT2D eigenvalue weighted by atomic mass is 79.9. The van der Waals surface area contributed by atoms with Gasteiger partial charge in [0.2, 0.25) is 0 Å². The first kappa shape index (κ1) is 22.0. The molecule has 0 bridgehead atoms. The summed E-state index contributed by atoms with van der Waals surface area (Å²) in [7, 11) is 0. The predicted molar refractivity (Wildman–Crippen MR) is 130 cm³/mol. The number of carbonyl (C=O) groups excluding carboxylic acids is 2. The number of para-hydroxylation sites is 1. The van der Waals surface area contributed by atoms with Crippen molar-refractivity contribution in [3.8, 4) is 5.75 Å². The van der Waals surface area contributed by atoms with Crippen LogP contribution >= 0.6 is 50.9 Å². The Labute approximate surface area is 201 Å². The summed E-state index contributed by atoms with van der Waals surface area (Å²) in [5.74, 6) is -0.0233. The van der Waals surface area contributed by atoms with E-state index in [9.17, 15) is 9.59 Å². The smallest absolute Gasteiger partial charge is 0.298 e. The summed E-state index contributed by atoms with van der Waals surface area (Å²) in [6, 6.07) is 19.8. The van der Waals surface area contributed by atoms with Gasteiger partial charge in [-0.1, -0.05) is 69.5 Å². The van der Waals surface area contributed by atoms with Gasteiger partial charge in [0, 0.05) is 4.47 Å². The van der Waals surface area contributed by atoms with Gasteiger partial charge >= 0.3 is 0 Å². The molecule has 1 aliphatic rings. The quantitative estimate of drug-likeness (QED) is 0.316. The van der Waals surface area contributed by atoms with Crippen molar-refractivity contribution in [1.82, 2.24) is 0 Å². The van der Waals surface area contributed by atoms with Crippen LogP contribution in [0.25, 0.3) is 6.08 Å². The van der Waals surface area contributed by atoms with Crippen molar-refractivity contribution in [3.05, 3.63) is 97.3 Å².